The highest BCUT2D eigenvalue weighted by molar-refractivity contribution is 8.03. The van der Waals surface area contributed by atoms with Crippen molar-refractivity contribution in [2.75, 3.05) is 36.7 Å². The Labute approximate surface area is 123 Å². The first kappa shape index (κ1) is 15.2. The predicted molar refractivity (Wildman–Crippen MR) is 81.9 cm³/mol. The van der Waals surface area contributed by atoms with Gasteiger partial charge in [0.1, 0.15) is 12.2 Å². The fraction of sp³-hybridized carbons (Fsp3) is 0.833. The molecule has 1 aliphatic rings. The van der Waals surface area contributed by atoms with Gasteiger partial charge in [-0.05, 0) is 6.92 Å². The smallest absolute Gasteiger partial charge is 0.149 e. The quantitative estimate of drug-likeness (QED) is 0.858. The van der Waals surface area contributed by atoms with Crippen LogP contribution in [0.2, 0.25) is 0 Å². The molecule has 0 spiro atoms. The molecule has 0 aromatic carbocycles. The molecule has 0 amide bonds. The lowest BCUT2D eigenvalue weighted by atomic mass is 10.2. The van der Waals surface area contributed by atoms with Gasteiger partial charge in [-0.25, -0.2) is 0 Å². The molecule has 2 rings (SSSR count). The molecule has 0 aliphatic carbocycles. The number of hydrogen-bond acceptors (Lipinski definition) is 6. The minimum Gasteiger partial charge on any atom is -0.383 e. The lowest BCUT2D eigenvalue weighted by Crippen LogP contribution is -2.36. The summed E-state index contributed by atoms with van der Waals surface area (Å²) in [6, 6.07) is 0.781. The van der Waals surface area contributed by atoms with E-state index < -0.39 is 0 Å². The molecule has 0 radical (unpaired) electrons. The first-order chi connectivity index (χ1) is 9.31. The van der Waals surface area contributed by atoms with Gasteiger partial charge < -0.3 is 14.6 Å². The highest BCUT2D eigenvalue weighted by Crippen LogP contribution is 2.19. The molecule has 7 heteroatoms. The Hall–Kier alpha value is -0.240. The largest absolute Gasteiger partial charge is 0.383 e. The van der Waals surface area contributed by atoms with Gasteiger partial charge in [0.25, 0.3) is 0 Å². The average Bonchev–Trinajstić information content (AvgIpc) is 2.74. The van der Waals surface area contributed by atoms with Crippen molar-refractivity contribution in [3.05, 3.63) is 12.2 Å². The molecule has 2 heterocycles. The van der Waals surface area contributed by atoms with Gasteiger partial charge in [-0.1, -0.05) is 0 Å². The van der Waals surface area contributed by atoms with E-state index in [2.05, 4.69) is 27.0 Å². The number of rotatable bonds is 6. The summed E-state index contributed by atoms with van der Waals surface area (Å²) in [6.45, 7) is 3.65. The molecule has 1 aromatic rings. The minimum absolute atomic E-state index is 0.226. The molecule has 1 fully saturated rings. The summed E-state index contributed by atoms with van der Waals surface area (Å²) in [5.74, 6) is 5.89. The van der Waals surface area contributed by atoms with Gasteiger partial charge in [0.15, 0.2) is 0 Å². The van der Waals surface area contributed by atoms with Crippen LogP contribution in [0.5, 0.6) is 0 Å². The third kappa shape index (κ3) is 4.66. The third-order valence-corrected chi connectivity index (χ3v) is 5.59. The van der Waals surface area contributed by atoms with Crippen molar-refractivity contribution in [1.29, 1.82) is 0 Å². The molecule has 0 unspecified atom stereocenters. The summed E-state index contributed by atoms with van der Waals surface area (Å²) in [5, 5.41) is 11.9. The van der Waals surface area contributed by atoms with Crippen LogP contribution >= 0.6 is 23.5 Å². The summed E-state index contributed by atoms with van der Waals surface area (Å²) in [7, 11) is 1.71. The van der Waals surface area contributed by atoms with Crippen molar-refractivity contribution in [1.82, 2.24) is 20.1 Å². The van der Waals surface area contributed by atoms with Crippen LogP contribution in [-0.4, -0.2) is 57.5 Å². The van der Waals surface area contributed by atoms with Gasteiger partial charge in [-0.3, -0.25) is 0 Å². The molecule has 0 bridgehead atoms. The second-order valence-corrected chi connectivity index (χ2v) is 6.91. The number of nitrogens with one attached hydrogen (secondary N) is 1. The molecule has 1 aliphatic heterocycles. The van der Waals surface area contributed by atoms with Gasteiger partial charge in [0, 0.05) is 42.7 Å². The molecule has 5 nitrogen and oxygen atoms in total. The highest BCUT2D eigenvalue weighted by atomic mass is 32.2. The van der Waals surface area contributed by atoms with Crippen LogP contribution in [-0.2, 0) is 11.3 Å². The van der Waals surface area contributed by atoms with Crippen molar-refractivity contribution in [3.63, 3.8) is 0 Å². The average molecular weight is 302 g/mol. The van der Waals surface area contributed by atoms with E-state index in [1.165, 1.54) is 23.0 Å². The minimum atomic E-state index is 0.226. The number of hydrogen-bond donors (Lipinski definition) is 1. The Morgan fingerprint density at radius 3 is 2.89 bits per heavy atom. The van der Waals surface area contributed by atoms with E-state index in [1.807, 2.05) is 23.5 Å². The molecule has 1 aromatic heterocycles. The number of ether oxygens (including phenoxy) is 1. The highest BCUT2D eigenvalue weighted by Gasteiger charge is 2.19. The lowest BCUT2D eigenvalue weighted by molar-refractivity contribution is 0.185. The summed E-state index contributed by atoms with van der Waals surface area (Å²) < 4.78 is 7.18. The molecule has 108 valence electrons. The predicted octanol–water partition coefficient (Wildman–Crippen LogP) is 1.42. The van der Waals surface area contributed by atoms with E-state index in [9.17, 15) is 0 Å². The maximum atomic E-state index is 5.11. The number of nitrogens with zero attached hydrogens (tertiary/aromatic N) is 3. The fourth-order valence-electron chi connectivity index (χ4n) is 2.10. The van der Waals surface area contributed by atoms with E-state index in [0.29, 0.717) is 12.6 Å². The van der Waals surface area contributed by atoms with Crippen molar-refractivity contribution < 1.29 is 4.74 Å². The maximum Gasteiger partial charge on any atom is 0.149 e. The Morgan fingerprint density at radius 1 is 1.47 bits per heavy atom. The van der Waals surface area contributed by atoms with Gasteiger partial charge >= 0.3 is 0 Å². The summed E-state index contributed by atoms with van der Waals surface area (Å²) in [6.07, 6.45) is 1.78. The Balaban J connectivity index is 1.91. The Kier molecular flexibility index (Phi) is 6.49. The number of aromatic nitrogens is 3. The Morgan fingerprint density at radius 2 is 2.21 bits per heavy atom. The van der Waals surface area contributed by atoms with E-state index in [4.69, 9.17) is 4.74 Å². The van der Waals surface area contributed by atoms with Gasteiger partial charge in [-0.2, -0.15) is 23.5 Å². The molecular weight excluding hydrogens is 280 g/mol. The van der Waals surface area contributed by atoms with Crippen LogP contribution in [0.3, 0.4) is 0 Å². The van der Waals surface area contributed by atoms with E-state index >= 15 is 0 Å². The summed E-state index contributed by atoms with van der Waals surface area (Å²) in [5.41, 5.74) is 0. The zero-order valence-electron chi connectivity index (χ0n) is 11.5. The van der Waals surface area contributed by atoms with E-state index in [1.54, 1.807) is 13.4 Å². The van der Waals surface area contributed by atoms with Crippen molar-refractivity contribution in [2.45, 2.75) is 25.6 Å². The monoisotopic (exact) mass is 302 g/mol. The van der Waals surface area contributed by atoms with E-state index in [0.717, 1.165) is 12.4 Å². The first-order valence-electron chi connectivity index (χ1n) is 6.59. The fourth-order valence-corrected chi connectivity index (χ4v) is 4.53. The van der Waals surface area contributed by atoms with E-state index in [-0.39, 0.29) is 6.04 Å². The van der Waals surface area contributed by atoms with Crippen LogP contribution in [0.1, 0.15) is 18.8 Å². The SMILES string of the molecule is COCCn1cnnc1[C@H](C)NC1CSCCSC1. The molecule has 19 heavy (non-hydrogen) atoms. The van der Waals surface area contributed by atoms with Gasteiger partial charge in [-0.15, -0.1) is 10.2 Å². The van der Waals surface area contributed by atoms with Crippen molar-refractivity contribution in [3.8, 4) is 0 Å². The van der Waals surface area contributed by atoms with Crippen LogP contribution in [0.15, 0.2) is 6.33 Å². The number of methoxy groups -OCH3 is 1. The first-order valence-corrected chi connectivity index (χ1v) is 8.90. The second kappa shape index (κ2) is 8.14. The van der Waals surface area contributed by atoms with Crippen LogP contribution < -0.4 is 5.32 Å². The van der Waals surface area contributed by atoms with Crippen molar-refractivity contribution in [2.24, 2.45) is 0 Å². The summed E-state index contributed by atoms with van der Waals surface area (Å²) >= 11 is 4.07. The zero-order valence-corrected chi connectivity index (χ0v) is 13.2. The van der Waals surface area contributed by atoms with Crippen molar-refractivity contribution >= 4 is 23.5 Å². The number of thioether (sulfide) groups is 2. The maximum absolute atomic E-state index is 5.11. The molecule has 1 N–H and O–H groups in total. The van der Waals surface area contributed by atoms with Gasteiger partial charge in [0.2, 0.25) is 0 Å². The van der Waals surface area contributed by atoms with Crippen LogP contribution in [0.25, 0.3) is 0 Å². The second-order valence-electron chi connectivity index (χ2n) is 4.61. The summed E-state index contributed by atoms with van der Waals surface area (Å²) in [4.78, 5) is 0. The molecular formula is C12H22N4OS2. The van der Waals surface area contributed by atoms with Crippen LogP contribution in [0, 0.1) is 0 Å². The standard InChI is InChI=1S/C12H22N4OS2/c1-10(14-11-7-18-5-6-19-8-11)12-15-13-9-16(12)3-4-17-2/h9-11,14H,3-8H2,1-2H3/t10-/m0/s1. The molecule has 0 saturated carbocycles. The molecule has 1 saturated heterocycles. The normalized spacial score (nSPS) is 19.3. The van der Waals surface area contributed by atoms with Gasteiger partial charge in [0.05, 0.1) is 12.6 Å². The molecule has 1 atom stereocenters. The topological polar surface area (TPSA) is 52.0 Å². The third-order valence-electron chi connectivity index (χ3n) is 3.06. The van der Waals surface area contributed by atoms with Crippen LogP contribution in [0.4, 0.5) is 0 Å². The Bertz CT molecular complexity index is 366. The zero-order chi connectivity index (χ0) is 13.5. The lowest BCUT2D eigenvalue weighted by Gasteiger charge is -2.21.